The zero-order chi connectivity index (χ0) is 33.3. The fraction of sp³-hybridized carbons (Fsp3) is 0.241. The third-order valence-electron chi connectivity index (χ3n) is 7.28. The van der Waals surface area contributed by atoms with Gasteiger partial charge in [0.1, 0.15) is 41.1 Å². The second kappa shape index (κ2) is 12.4. The van der Waals surface area contributed by atoms with E-state index >= 15 is 0 Å². The number of aliphatic carboxylic acids is 1. The van der Waals surface area contributed by atoms with Crippen molar-refractivity contribution in [3.8, 4) is 0 Å². The Morgan fingerprint density at radius 2 is 1.91 bits per heavy atom. The van der Waals surface area contributed by atoms with Gasteiger partial charge < -0.3 is 29.6 Å². The molecule has 5 rings (SSSR count). The fourth-order valence-electron chi connectivity index (χ4n) is 5.04. The van der Waals surface area contributed by atoms with Crippen molar-refractivity contribution in [1.82, 2.24) is 15.5 Å². The van der Waals surface area contributed by atoms with Crippen LogP contribution in [-0.2, 0) is 28.7 Å². The number of methoxy groups -OCH3 is 1. The van der Waals surface area contributed by atoms with Gasteiger partial charge in [-0.25, -0.2) is 4.79 Å². The summed E-state index contributed by atoms with van der Waals surface area (Å²) in [6.07, 6.45) is 0.863. The molecule has 0 bridgehead atoms. The Hall–Kier alpha value is -5.55. The molecule has 1 saturated heterocycles. The molecular formula is C29H24N4O12S. The molecule has 3 N–H and O–H groups in total. The number of carbonyl (C=O) groups is 5. The van der Waals surface area contributed by atoms with Gasteiger partial charge in [-0.1, -0.05) is 30.3 Å². The molecule has 0 spiro atoms. The Bertz CT molecular complexity index is 1890. The van der Waals surface area contributed by atoms with Gasteiger partial charge in [0.25, 0.3) is 23.2 Å². The number of fused-ring (bicyclic) bond motifs is 2. The highest BCUT2D eigenvalue weighted by Gasteiger charge is 2.67. The number of hydrogen-bond acceptors (Lipinski definition) is 12. The van der Waals surface area contributed by atoms with Gasteiger partial charge in [0.2, 0.25) is 11.3 Å². The van der Waals surface area contributed by atoms with E-state index in [9.17, 15) is 44.0 Å². The summed E-state index contributed by atoms with van der Waals surface area (Å²) in [5.74, 6) is -4.99. The molecule has 238 valence electrons. The van der Waals surface area contributed by atoms with Gasteiger partial charge in [-0.2, -0.15) is 0 Å². The molecule has 16 nitrogen and oxygen atoms in total. The number of non-ortho nitro benzene ring substituents is 1. The number of rotatable bonds is 10. The van der Waals surface area contributed by atoms with Crippen LogP contribution >= 0.6 is 11.8 Å². The van der Waals surface area contributed by atoms with Crippen LogP contribution in [0.15, 0.2) is 75.3 Å². The maximum Gasteiger partial charge on any atom is 0.352 e. The first-order chi connectivity index (χ1) is 21.9. The Balaban J connectivity index is 1.45. The minimum Gasteiger partial charge on any atom is -0.477 e. The number of carboxylic acids is 1. The second-order valence-electron chi connectivity index (χ2n) is 10.0. The molecule has 0 saturated carbocycles. The Labute approximate surface area is 262 Å². The first kappa shape index (κ1) is 31.9. The highest BCUT2D eigenvalue weighted by atomic mass is 32.2. The molecule has 3 amide bonds. The van der Waals surface area contributed by atoms with Crippen molar-refractivity contribution in [2.75, 3.05) is 19.5 Å². The number of hydrogen-bond donors (Lipinski definition) is 3. The summed E-state index contributed by atoms with van der Waals surface area (Å²) in [7, 11) is 1.14. The highest BCUT2D eigenvalue weighted by Crippen LogP contribution is 2.46. The van der Waals surface area contributed by atoms with Gasteiger partial charge in [0.05, 0.1) is 10.3 Å². The Morgan fingerprint density at radius 3 is 2.54 bits per heavy atom. The van der Waals surface area contributed by atoms with Crippen LogP contribution in [0.4, 0.5) is 5.69 Å². The van der Waals surface area contributed by atoms with Crippen LogP contribution in [0.2, 0.25) is 0 Å². The summed E-state index contributed by atoms with van der Waals surface area (Å²) in [4.78, 5) is 88.7. The first-order valence-electron chi connectivity index (χ1n) is 13.4. The van der Waals surface area contributed by atoms with Crippen LogP contribution < -0.4 is 16.1 Å². The monoisotopic (exact) mass is 652 g/mol. The van der Waals surface area contributed by atoms with Crippen molar-refractivity contribution in [3.05, 3.63) is 97.5 Å². The predicted octanol–water partition coefficient (Wildman–Crippen LogP) is 1.45. The zero-order valence-electron chi connectivity index (χ0n) is 24.0. The van der Waals surface area contributed by atoms with E-state index in [0.29, 0.717) is 0 Å². The van der Waals surface area contributed by atoms with Crippen LogP contribution in [0.25, 0.3) is 11.0 Å². The topological polar surface area (TPSA) is 225 Å². The van der Waals surface area contributed by atoms with Crippen molar-refractivity contribution in [2.24, 2.45) is 0 Å². The van der Waals surface area contributed by atoms with Gasteiger partial charge >= 0.3 is 11.9 Å². The molecule has 0 radical (unpaired) electrons. The smallest absolute Gasteiger partial charge is 0.352 e. The lowest BCUT2D eigenvalue weighted by atomic mass is 9.96. The molecule has 1 aromatic heterocycles. The lowest BCUT2D eigenvalue weighted by Crippen LogP contribution is -2.81. The van der Waals surface area contributed by atoms with Crippen molar-refractivity contribution in [1.29, 1.82) is 0 Å². The number of nitro groups is 1. The summed E-state index contributed by atoms with van der Waals surface area (Å²) in [5.41, 5.74) is -3.88. The highest BCUT2D eigenvalue weighted by molar-refractivity contribution is 8.00. The first-order valence-corrected chi connectivity index (χ1v) is 14.4. The number of nitrogens with zero attached hydrogens (tertiary/aromatic N) is 2. The van der Waals surface area contributed by atoms with E-state index in [1.165, 1.54) is 18.2 Å². The second-order valence-corrected chi connectivity index (χ2v) is 11.1. The van der Waals surface area contributed by atoms with Crippen LogP contribution in [0, 0.1) is 10.1 Å². The van der Waals surface area contributed by atoms with Crippen LogP contribution in [0.5, 0.6) is 0 Å². The normalized spacial score (nSPS) is 19.5. The summed E-state index contributed by atoms with van der Waals surface area (Å²) in [5, 5.41) is 24.8. The van der Waals surface area contributed by atoms with E-state index in [4.69, 9.17) is 13.9 Å². The standard InChI is InChI=1S/C29H24N4O12S/c1-14(34)44-11-16-13-46-28-29(43-2,27(40)32(28)22(16)26(38)39)31-25(37)21(15-6-4-3-5-7-15)30-24(36)19-12-45-20-9-8-17(33(41)42)10-18(20)23(19)35/h3-10,12,21,28H,11,13H2,1-2H3,(H,30,36)(H,31,37)(H,38,39)/t21?,28-,29-/m0/s1. The summed E-state index contributed by atoms with van der Waals surface area (Å²) >= 11 is 1.06. The zero-order valence-corrected chi connectivity index (χ0v) is 24.8. The Kier molecular flexibility index (Phi) is 8.62. The van der Waals surface area contributed by atoms with E-state index in [-0.39, 0.29) is 34.5 Å². The number of ether oxygens (including phenoxy) is 2. The number of carbonyl (C=O) groups excluding carboxylic acids is 4. The van der Waals surface area contributed by atoms with E-state index in [0.717, 1.165) is 49.1 Å². The summed E-state index contributed by atoms with van der Waals surface area (Å²) in [6, 6.07) is 9.64. The number of benzene rings is 2. The quantitative estimate of drug-likeness (QED) is 0.0928. The van der Waals surface area contributed by atoms with Crippen molar-refractivity contribution < 1.29 is 47.9 Å². The summed E-state index contributed by atoms with van der Waals surface area (Å²) in [6.45, 7) is 0.797. The molecular weight excluding hydrogens is 628 g/mol. The van der Waals surface area contributed by atoms with Gasteiger partial charge in [0, 0.05) is 37.5 Å². The average molecular weight is 653 g/mol. The molecule has 46 heavy (non-hydrogen) atoms. The van der Waals surface area contributed by atoms with Gasteiger partial charge in [-0.15, -0.1) is 11.8 Å². The molecule has 0 aliphatic carbocycles. The maximum absolute atomic E-state index is 13.8. The molecule has 2 aliphatic heterocycles. The number of nitro benzene ring substituents is 1. The third kappa shape index (κ3) is 5.56. The van der Waals surface area contributed by atoms with Crippen LogP contribution in [-0.4, -0.2) is 75.2 Å². The third-order valence-corrected chi connectivity index (χ3v) is 8.65. The van der Waals surface area contributed by atoms with E-state index in [2.05, 4.69) is 10.6 Å². The lowest BCUT2D eigenvalue weighted by molar-refractivity contribution is -0.384. The number of β-lactam (4-membered cyclic amide) rings is 1. The Morgan fingerprint density at radius 1 is 1.20 bits per heavy atom. The van der Waals surface area contributed by atoms with Crippen molar-refractivity contribution in [3.63, 3.8) is 0 Å². The van der Waals surface area contributed by atoms with E-state index in [1.807, 2.05) is 0 Å². The SMILES string of the molecule is CO[C@@]1(NC(=O)C(NC(=O)c2coc3ccc([N+](=O)[O-])cc3c2=O)c2ccccc2)C(=O)N2C(C(=O)O)=C(COC(C)=O)CS[C@H]21. The number of esters is 1. The molecule has 1 unspecified atom stereocenters. The summed E-state index contributed by atoms with van der Waals surface area (Å²) < 4.78 is 15.8. The number of nitrogens with one attached hydrogen (secondary N) is 2. The van der Waals surface area contributed by atoms with E-state index in [1.54, 1.807) is 18.2 Å². The fourth-order valence-corrected chi connectivity index (χ4v) is 6.46. The predicted molar refractivity (Wildman–Crippen MR) is 158 cm³/mol. The molecule has 3 heterocycles. The average Bonchev–Trinajstić information content (AvgIpc) is 3.04. The lowest BCUT2D eigenvalue weighted by Gasteiger charge is -2.56. The molecule has 3 atom stereocenters. The number of thioether (sulfide) groups is 1. The molecule has 17 heteroatoms. The van der Waals surface area contributed by atoms with Crippen LogP contribution in [0.1, 0.15) is 28.9 Å². The molecule has 1 fully saturated rings. The van der Waals surface area contributed by atoms with E-state index < -0.39 is 74.1 Å². The molecule has 3 aromatic rings. The largest absolute Gasteiger partial charge is 0.477 e. The van der Waals surface area contributed by atoms with Crippen molar-refractivity contribution in [2.45, 2.75) is 24.1 Å². The van der Waals surface area contributed by atoms with Gasteiger partial charge in [-0.3, -0.25) is 39.0 Å². The number of carboxylic acid groups (broad SMARTS) is 1. The molecule has 2 aliphatic rings. The number of amides is 3. The van der Waals surface area contributed by atoms with Gasteiger partial charge in [0.15, 0.2) is 0 Å². The molecule has 2 aromatic carbocycles. The van der Waals surface area contributed by atoms with Crippen molar-refractivity contribution >= 4 is 58.1 Å². The minimum absolute atomic E-state index is 0.00429. The minimum atomic E-state index is -2.05. The van der Waals surface area contributed by atoms with Crippen LogP contribution in [0.3, 0.4) is 0 Å². The van der Waals surface area contributed by atoms with Gasteiger partial charge in [-0.05, 0) is 11.6 Å². The maximum atomic E-state index is 13.8.